The molecule has 79 valence electrons. The van der Waals surface area contributed by atoms with Crippen LogP contribution < -0.4 is 0 Å². The van der Waals surface area contributed by atoms with Crippen molar-refractivity contribution in [2.45, 2.75) is 70.8 Å². The molecule has 0 aliphatic heterocycles. The minimum absolute atomic E-state index is 0.0557. The summed E-state index contributed by atoms with van der Waals surface area (Å²) in [5, 5.41) is 9.29. The van der Waals surface area contributed by atoms with Crippen molar-refractivity contribution in [3.8, 4) is 0 Å². The standard InChI is InChI=1S/C12H25O/c1-3-5-6-7-8-9-10-11-12(13)4-2/h12-13H,1,3-11H2,2H3. The molecular weight excluding hydrogens is 160 g/mol. The van der Waals surface area contributed by atoms with Gasteiger partial charge in [0.1, 0.15) is 0 Å². The number of aliphatic hydroxyl groups is 1. The van der Waals surface area contributed by atoms with E-state index >= 15 is 0 Å². The van der Waals surface area contributed by atoms with Gasteiger partial charge < -0.3 is 5.11 Å². The summed E-state index contributed by atoms with van der Waals surface area (Å²) >= 11 is 0. The minimum Gasteiger partial charge on any atom is -0.393 e. The summed E-state index contributed by atoms with van der Waals surface area (Å²) in [6.45, 7) is 5.86. The van der Waals surface area contributed by atoms with E-state index in [9.17, 15) is 5.11 Å². The predicted molar refractivity (Wildman–Crippen MR) is 58.6 cm³/mol. The summed E-state index contributed by atoms with van der Waals surface area (Å²) in [6, 6.07) is 0. The van der Waals surface area contributed by atoms with Gasteiger partial charge >= 0.3 is 0 Å². The molecule has 0 saturated heterocycles. The van der Waals surface area contributed by atoms with Gasteiger partial charge in [-0.05, 0) is 12.8 Å². The Kier molecular flexibility index (Phi) is 10.0. The maximum atomic E-state index is 9.29. The Hall–Kier alpha value is -0.0400. The highest BCUT2D eigenvalue weighted by atomic mass is 16.3. The Bertz CT molecular complexity index is 91.1. The van der Waals surface area contributed by atoms with Gasteiger partial charge in [0.25, 0.3) is 0 Å². The first-order valence-electron chi connectivity index (χ1n) is 5.78. The Balaban J connectivity index is 2.91. The molecule has 0 amide bonds. The van der Waals surface area contributed by atoms with Gasteiger partial charge in [-0.25, -0.2) is 0 Å². The van der Waals surface area contributed by atoms with E-state index in [0.29, 0.717) is 0 Å². The van der Waals surface area contributed by atoms with Crippen molar-refractivity contribution >= 4 is 0 Å². The fourth-order valence-electron chi connectivity index (χ4n) is 1.47. The summed E-state index contributed by atoms with van der Waals surface area (Å²) in [6.07, 6.45) is 10.7. The molecule has 0 heterocycles. The van der Waals surface area contributed by atoms with Crippen LogP contribution in [-0.4, -0.2) is 11.2 Å². The van der Waals surface area contributed by atoms with Crippen molar-refractivity contribution in [2.24, 2.45) is 0 Å². The van der Waals surface area contributed by atoms with Gasteiger partial charge in [-0.2, -0.15) is 0 Å². The average Bonchev–Trinajstić information content (AvgIpc) is 2.16. The van der Waals surface area contributed by atoms with Crippen LogP contribution in [0.5, 0.6) is 0 Å². The van der Waals surface area contributed by atoms with E-state index in [1.54, 1.807) is 0 Å². The molecule has 0 aromatic carbocycles. The zero-order valence-corrected chi connectivity index (χ0v) is 9.10. The molecule has 1 heteroatoms. The van der Waals surface area contributed by atoms with E-state index in [4.69, 9.17) is 0 Å². The Labute approximate surface area is 83.5 Å². The maximum absolute atomic E-state index is 9.29. The van der Waals surface area contributed by atoms with E-state index in [-0.39, 0.29) is 6.10 Å². The first-order valence-corrected chi connectivity index (χ1v) is 5.78. The first-order chi connectivity index (χ1) is 6.31. The predicted octanol–water partition coefficient (Wildman–Crippen LogP) is 3.71. The lowest BCUT2D eigenvalue weighted by Gasteiger charge is -2.06. The molecule has 0 rings (SSSR count). The molecule has 0 fully saturated rings. The molecule has 1 radical (unpaired) electrons. The lowest BCUT2D eigenvalue weighted by Crippen LogP contribution is -2.03. The molecule has 13 heavy (non-hydrogen) atoms. The average molecular weight is 185 g/mol. The summed E-state index contributed by atoms with van der Waals surface area (Å²) in [4.78, 5) is 0. The second kappa shape index (κ2) is 10.0. The normalized spacial score (nSPS) is 13.2. The highest BCUT2D eigenvalue weighted by molar-refractivity contribution is 4.53. The highest BCUT2D eigenvalue weighted by Gasteiger charge is 1.99. The van der Waals surface area contributed by atoms with Gasteiger partial charge in [0.2, 0.25) is 0 Å². The smallest absolute Gasteiger partial charge is 0.0537 e. The molecule has 1 atom stereocenters. The Morgan fingerprint density at radius 3 is 2.08 bits per heavy atom. The van der Waals surface area contributed by atoms with Crippen LogP contribution in [-0.2, 0) is 0 Å². The van der Waals surface area contributed by atoms with E-state index in [0.717, 1.165) is 19.3 Å². The summed E-state index contributed by atoms with van der Waals surface area (Å²) in [5.74, 6) is 0. The number of aliphatic hydroxyl groups excluding tert-OH is 1. The zero-order valence-electron chi connectivity index (χ0n) is 9.10. The molecule has 1 unspecified atom stereocenters. The SMILES string of the molecule is [CH2]CCCCCCCCC(O)CC. The molecule has 0 aromatic heterocycles. The quantitative estimate of drug-likeness (QED) is 0.543. The van der Waals surface area contributed by atoms with Gasteiger partial charge in [-0.3, -0.25) is 0 Å². The molecule has 0 aliphatic rings. The topological polar surface area (TPSA) is 20.2 Å². The van der Waals surface area contributed by atoms with Crippen LogP contribution in [0.3, 0.4) is 0 Å². The lowest BCUT2D eigenvalue weighted by molar-refractivity contribution is 0.156. The first kappa shape index (κ1) is 13.0. The van der Waals surface area contributed by atoms with Crippen LogP contribution in [0.4, 0.5) is 0 Å². The van der Waals surface area contributed by atoms with Crippen LogP contribution >= 0.6 is 0 Å². The third kappa shape index (κ3) is 9.88. The van der Waals surface area contributed by atoms with Crippen LogP contribution in [0.2, 0.25) is 0 Å². The number of rotatable bonds is 9. The largest absolute Gasteiger partial charge is 0.393 e. The number of hydrogen-bond donors (Lipinski definition) is 1. The van der Waals surface area contributed by atoms with Gasteiger partial charge in [-0.15, -0.1) is 0 Å². The van der Waals surface area contributed by atoms with E-state index < -0.39 is 0 Å². The Morgan fingerprint density at radius 2 is 1.54 bits per heavy atom. The molecule has 1 N–H and O–H groups in total. The van der Waals surface area contributed by atoms with Crippen LogP contribution in [0.25, 0.3) is 0 Å². The van der Waals surface area contributed by atoms with Gasteiger partial charge in [-0.1, -0.05) is 58.8 Å². The molecule has 0 aliphatic carbocycles. The lowest BCUT2D eigenvalue weighted by atomic mass is 10.1. The maximum Gasteiger partial charge on any atom is 0.0537 e. The minimum atomic E-state index is -0.0557. The molecule has 0 bridgehead atoms. The fourth-order valence-corrected chi connectivity index (χ4v) is 1.47. The van der Waals surface area contributed by atoms with Gasteiger partial charge in [0.15, 0.2) is 0 Å². The Morgan fingerprint density at radius 1 is 1.00 bits per heavy atom. The molecule has 0 spiro atoms. The third-order valence-electron chi connectivity index (χ3n) is 2.51. The number of hydrogen-bond acceptors (Lipinski definition) is 1. The van der Waals surface area contributed by atoms with Crippen LogP contribution in [0, 0.1) is 6.92 Å². The van der Waals surface area contributed by atoms with Gasteiger partial charge in [0.05, 0.1) is 6.10 Å². The number of unbranched alkanes of at least 4 members (excludes halogenated alkanes) is 6. The van der Waals surface area contributed by atoms with Gasteiger partial charge in [0, 0.05) is 0 Å². The molecular formula is C12H25O. The van der Waals surface area contributed by atoms with E-state index in [2.05, 4.69) is 6.92 Å². The van der Waals surface area contributed by atoms with Crippen molar-refractivity contribution in [2.75, 3.05) is 0 Å². The van der Waals surface area contributed by atoms with Crippen molar-refractivity contribution in [1.82, 2.24) is 0 Å². The van der Waals surface area contributed by atoms with Crippen molar-refractivity contribution < 1.29 is 5.11 Å². The molecule has 0 aromatic rings. The fraction of sp³-hybridized carbons (Fsp3) is 0.917. The zero-order chi connectivity index (χ0) is 9.94. The molecule has 0 saturated carbocycles. The summed E-state index contributed by atoms with van der Waals surface area (Å²) in [5.41, 5.74) is 0. The third-order valence-corrected chi connectivity index (χ3v) is 2.51. The monoisotopic (exact) mass is 185 g/mol. The van der Waals surface area contributed by atoms with E-state index in [1.807, 2.05) is 6.92 Å². The highest BCUT2D eigenvalue weighted by Crippen LogP contribution is 2.10. The second-order valence-corrected chi connectivity index (χ2v) is 3.83. The molecule has 1 nitrogen and oxygen atoms in total. The van der Waals surface area contributed by atoms with Crippen molar-refractivity contribution in [3.05, 3.63) is 6.92 Å². The van der Waals surface area contributed by atoms with Crippen LogP contribution in [0.1, 0.15) is 64.7 Å². The summed E-state index contributed by atoms with van der Waals surface area (Å²) in [7, 11) is 0. The van der Waals surface area contributed by atoms with Crippen molar-refractivity contribution in [3.63, 3.8) is 0 Å². The van der Waals surface area contributed by atoms with Crippen molar-refractivity contribution in [1.29, 1.82) is 0 Å². The summed E-state index contributed by atoms with van der Waals surface area (Å²) < 4.78 is 0. The second-order valence-electron chi connectivity index (χ2n) is 3.83. The van der Waals surface area contributed by atoms with E-state index in [1.165, 1.54) is 38.5 Å². The van der Waals surface area contributed by atoms with Crippen LogP contribution in [0.15, 0.2) is 0 Å².